The largest absolute Gasteiger partial charge is 0.497 e. The minimum absolute atomic E-state index is 0.133. The van der Waals surface area contributed by atoms with E-state index in [1.165, 1.54) is 0 Å². The lowest BCUT2D eigenvalue weighted by Crippen LogP contribution is -2.39. The van der Waals surface area contributed by atoms with Gasteiger partial charge in [-0.2, -0.15) is 0 Å². The van der Waals surface area contributed by atoms with Gasteiger partial charge in [0, 0.05) is 24.2 Å². The van der Waals surface area contributed by atoms with E-state index in [2.05, 4.69) is 32.7 Å². The van der Waals surface area contributed by atoms with Gasteiger partial charge < -0.3 is 15.2 Å². The Labute approximate surface area is 122 Å². The van der Waals surface area contributed by atoms with E-state index < -0.39 is 0 Å². The standard InChI is InChI=1S/C16H28N2O2/c1-11(2)12(3)18(4)15(10-17)14-8-7-13(19-5)9-16(14)20-6/h7-9,11-12,15H,10,17H2,1-6H3. The first-order chi connectivity index (χ1) is 9.46. The zero-order chi connectivity index (χ0) is 15.3. The second-order valence-corrected chi connectivity index (χ2v) is 5.51. The van der Waals surface area contributed by atoms with Crippen molar-refractivity contribution in [1.82, 2.24) is 4.90 Å². The SMILES string of the molecule is COc1ccc(C(CN)N(C)C(C)C(C)C)c(OC)c1. The molecule has 0 aliphatic rings. The van der Waals surface area contributed by atoms with Crippen molar-refractivity contribution in [2.45, 2.75) is 32.9 Å². The molecule has 4 nitrogen and oxygen atoms in total. The van der Waals surface area contributed by atoms with E-state index in [0.29, 0.717) is 18.5 Å². The van der Waals surface area contributed by atoms with E-state index in [0.717, 1.165) is 17.1 Å². The maximum atomic E-state index is 6.01. The third kappa shape index (κ3) is 3.64. The second-order valence-electron chi connectivity index (χ2n) is 5.51. The molecule has 0 aliphatic heterocycles. The van der Waals surface area contributed by atoms with E-state index in [1.54, 1.807) is 14.2 Å². The van der Waals surface area contributed by atoms with Gasteiger partial charge in [0.25, 0.3) is 0 Å². The van der Waals surface area contributed by atoms with Gasteiger partial charge in [-0.05, 0) is 26.0 Å². The molecule has 4 heteroatoms. The van der Waals surface area contributed by atoms with E-state index in [9.17, 15) is 0 Å². The summed E-state index contributed by atoms with van der Waals surface area (Å²) in [5.74, 6) is 2.18. The van der Waals surface area contributed by atoms with Crippen LogP contribution in [-0.4, -0.2) is 38.8 Å². The predicted molar refractivity (Wildman–Crippen MR) is 83.4 cm³/mol. The fraction of sp³-hybridized carbons (Fsp3) is 0.625. The Hall–Kier alpha value is -1.26. The van der Waals surface area contributed by atoms with Gasteiger partial charge in [0.2, 0.25) is 0 Å². The van der Waals surface area contributed by atoms with Gasteiger partial charge in [-0.1, -0.05) is 19.9 Å². The maximum Gasteiger partial charge on any atom is 0.127 e. The summed E-state index contributed by atoms with van der Waals surface area (Å²) in [5, 5.41) is 0. The Balaban J connectivity index is 3.11. The van der Waals surface area contributed by atoms with Crippen molar-refractivity contribution < 1.29 is 9.47 Å². The Morgan fingerprint density at radius 2 is 1.80 bits per heavy atom. The lowest BCUT2D eigenvalue weighted by Gasteiger charge is -2.35. The molecular formula is C16H28N2O2. The molecular weight excluding hydrogens is 252 g/mol. The van der Waals surface area contributed by atoms with Gasteiger partial charge >= 0.3 is 0 Å². The summed E-state index contributed by atoms with van der Waals surface area (Å²) in [5.41, 5.74) is 7.11. The van der Waals surface area contributed by atoms with Crippen LogP contribution in [0.4, 0.5) is 0 Å². The van der Waals surface area contributed by atoms with Crippen molar-refractivity contribution in [1.29, 1.82) is 0 Å². The van der Waals surface area contributed by atoms with Crippen molar-refractivity contribution in [2.75, 3.05) is 27.8 Å². The van der Waals surface area contributed by atoms with E-state index in [1.807, 2.05) is 18.2 Å². The first-order valence-corrected chi connectivity index (χ1v) is 7.10. The van der Waals surface area contributed by atoms with Gasteiger partial charge in [0.05, 0.1) is 20.3 Å². The molecule has 2 unspecified atom stereocenters. The first kappa shape index (κ1) is 16.8. The molecule has 0 aromatic heterocycles. The Morgan fingerprint density at radius 3 is 2.25 bits per heavy atom. The topological polar surface area (TPSA) is 47.7 Å². The fourth-order valence-corrected chi connectivity index (χ4v) is 2.36. The highest BCUT2D eigenvalue weighted by atomic mass is 16.5. The lowest BCUT2D eigenvalue weighted by atomic mass is 9.98. The molecule has 1 rings (SSSR count). The Morgan fingerprint density at radius 1 is 1.15 bits per heavy atom. The molecule has 2 N–H and O–H groups in total. The van der Waals surface area contributed by atoms with Crippen LogP contribution in [0.3, 0.4) is 0 Å². The fourth-order valence-electron chi connectivity index (χ4n) is 2.36. The zero-order valence-corrected chi connectivity index (χ0v) is 13.5. The van der Waals surface area contributed by atoms with E-state index >= 15 is 0 Å². The van der Waals surface area contributed by atoms with Gasteiger partial charge in [0.1, 0.15) is 11.5 Å². The number of hydrogen-bond donors (Lipinski definition) is 1. The Kier molecular flexibility index (Phi) is 6.30. The molecule has 0 saturated carbocycles. The number of likely N-dealkylation sites (N-methyl/N-ethyl adjacent to an activating group) is 1. The average Bonchev–Trinajstić information content (AvgIpc) is 2.46. The first-order valence-electron chi connectivity index (χ1n) is 7.10. The van der Waals surface area contributed by atoms with Crippen LogP contribution in [0.15, 0.2) is 18.2 Å². The van der Waals surface area contributed by atoms with Gasteiger partial charge in [-0.3, -0.25) is 4.90 Å². The lowest BCUT2D eigenvalue weighted by molar-refractivity contribution is 0.149. The normalized spacial score (nSPS) is 14.4. The van der Waals surface area contributed by atoms with Gasteiger partial charge in [-0.15, -0.1) is 0 Å². The highest BCUT2D eigenvalue weighted by molar-refractivity contribution is 5.42. The number of hydrogen-bond acceptors (Lipinski definition) is 4. The average molecular weight is 280 g/mol. The molecule has 0 radical (unpaired) electrons. The Bertz CT molecular complexity index is 421. The highest BCUT2D eigenvalue weighted by Crippen LogP contribution is 2.33. The van der Waals surface area contributed by atoms with Crippen LogP contribution in [0.5, 0.6) is 11.5 Å². The van der Waals surface area contributed by atoms with E-state index in [4.69, 9.17) is 15.2 Å². The molecule has 0 heterocycles. The van der Waals surface area contributed by atoms with E-state index in [-0.39, 0.29) is 6.04 Å². The van der Waals surface area contributed by atoms with Crippen LogP contribution in [-0.2, 0) is 0 Å². The minimum Gasteiger partial charge on any atom is -0.497 e. The van der Waals surface area contributed by atoms with Crippen LogP contribution >= 0.6 is 0 Å². The van der Waals surface area contributed by atoms with Crippen LogP contribution in [0.2, 0.25) is 0 Å². The number of methoxy groups -OCH3 is 2. The summed E-state index contributed by atoms with van der Waals surface area (Å²) >= 11 is 0. The van der Waals surface area contributed by atoms with Crippen LogP contribution in [0.1, 0.15) is 32.4 Å². The summed E-state index contributed by atoms with van der Waals surface area (Å²) in [6.07, 6.45) is 0. The number of benzene rings is 1. The van der Waals surface area contributed by atoms with Crippen molar-refractivity contribution in [3.05, 3.63) is 23.8 Å². The van der Waals surface area contributed by atoms with Crippen molar-refractivity contribution in [3.8, 4) is 11.5 Å². The van der Waals surface area contributed by atoms with Crippen LogP contribution in [0.25, 0.3) is 0 Å². The third-order valence-electron chi connectivity index (χ3n) is 4.12. The highest BCUT2D eigenvalue weighted by Gasteiger charge is 2.24. The summed E-state index contributed by atoms with van der Waals surface area (Å²) in [6, 6.07) is 6.47. The van der Waals surface area contributed by atoms with Crippen molar-refractivity contribution in [3.63, 3.8) is 0 Å². The maximum absolute atomic E-state index is 6.01. The molecule has 0 bridgehead atoms. The molecule has 0 saturated heterocycles. The summed E-state index contributed by atoms with van der Waals surface area (Å²) in [7, 11) is 5.45. The molecule has 1 aromatic carbocycles. The number of ether oxygens (including phenoxy) is 2. The van der Waals surface area contributed by atoms with Crippen LogP contribution in [0, 0.1) is 5.92 Å². The molecule has 114 valence electrons. The summed E-state index contributed by atoms with van der Waals surface area (Å²) < 4.78 is 10.7. The van der Waals surface area contributed by atoms with Crippen molar-refractivity contribution in [2.24, 2.45) is 11.7 Å². The number of rotatable bonds is 7. The van der Waals surface area contributed by atoms with Gasteiger partial charge in [-0.25, -0.2) is 0 Å². The molecule has 0 amide bonds. The number of nitrogens with zero attached hydrogens (tertiary/aromatic N) is 1. The minimum atomic E-state index is 0.133. The molecule has 0 spiro atoms. The third-order valence-corrected chi connectivity index (χ3v) is 4.12. The molecule has 1 aromatic rings. The van der Waals surface area contributed by atoms with Crippen LogP contribution < -0.4 is 15.2 Å². The zero-order valence-electron chi connectivity index (χ0n) is 13.5. The number of nitrogens with two attached hydrogens (primary N) is 1. The van der Waals surface area contributed by atoms with Gasteiger partial charge in [0.15, 0.2) is 0 Å². The molecule has 0 fully saturated rings. The molecule has 0 aliphatic carbocycles. The second kappa shape index (κ2) is 7.50. The van der Waals surface area contributed by atoms with Crippen molar-refractivity contribution >= 4 is 0 Å². The predicted octanol–water partition coefficient (Wildman–Crippen LogP) is 2.68. The quantitative estimate of drug-likeness (QED) is 0.834. The monoisotopic (exact) mass is 280 g/mol. The molecule has 20 heavy (non-hydrogen) atoms. The summed E-state index contributed by atoms with van der Waals surface area (Å²) in [4.78, 5) is 2.31. The summed E-state index contributed by atoms with van der Waals surface area (Å²) in [6.45, 7) is 7.22. The smallest absolute Gasteiger partial charge is 0.127 e. The molecule has 2 atom stereocenters.